The van der Waals surface area contributed by atoms with Gasteiger partial charge in [0.05, 0.1) is 24.9 Å². The van der Waals surface area contributed by atoms with Gasteiger partial charge in [-0.2, -0.15) is 0 Å². The second kappa shape index (κ2) is 4.94. The van der Waals surface area contributed by atoms with Gasteiger partial charge < -0.3 is 10.5 Å². The van der Waals surface area contributed by atoms with Crippen LogP contribution in [0.2, 0.25) is 0 Å². The molecule has 1 heterocycles. The molecule has 0 aliphatic heterocycles. The summed E-state index contributed by atoms with van der Waals surface area (Å²) in [4.78, 5) is 0. The fraction of sp³-hybridized carbons (Fsp3) is 0.750. The minimum atomic E-state index is -0.0308. The summed E-state index contributed by atoms with van der Waals surface area (Å²) in [7, 11) is 1.68. The van der Waals surface area contributed by atoms with Crippen molar-refractivity contribution in [1.29, 1.82) is 0 Å². The Bertz CT molecular complexity index is 220. The first-order valence-electron chi connectivity index (χ1n) is 4.40. The minimum Gasteiger partial charge on any atom is -0.380 e. The second-order valence-corrected chi connectivity index (χ2v) is 2.97. The summed E-state index contributed by atoms with van der Waals surface area (Å²) >= 11 is 0. The van der Waals surface area contributed by atoms with E-state index in [1.807, 2.05) is 0 Å². The van der Waals surface area contributed by atoms with Gasteiger partial charge in [-0.3, -0.25) is 4.68 Å². The molecule has 1 aromatic rings. The topological polar surface area (TPSA) is 66.0 Å². The highest BCUT2D eigenvalue weighted by Gasteiger charge is 2.15. The first kappa shape index (κ1) is 10.1. The molecule has 1 aromatic heterocycles. The predicted octanol–water partition coefficient (Wildman–Crippen LogP) is 0.0304. The molecule has 2 atom stereocenters. The van der Waals surface area contributed by atoms with Gasteiger partial charge in [-0.25, -0.2) is 0 Å². The van der Waals surface area contributed by atoms with Crippen molar-refractivity contribution in [3.63, 3.8) is 0 Å². The monoisotopic (exact) mass is 184 g/mol. The van der Waals surface area contributed by atoms with Crippen LogP contribution in [0.15, 0.2) is 12.4 Å². The molecule has 0 bridgehead atoms. The van der Waals surface area contributed by atoms with Crippen molar-refractivity contribution in [3.05, 3.63) is 12.4 Å². The van der Waals surface area contributed by atoms with Crippen molar-refractivity contribution in [1.82, 2.24) is 15.0 Å². The molecule has 0 unspecified atom stereocenters. The Morgan fingerprint density at radius 3 is 2.85 bits per heavy atom. The van der Waals surface area contributed by atoms with Gasteiger partial charge in [0, 0.05) is 13.3 Å². The summed E-state index contributed by atoms with van der Waals surface area (Å²) in [6.07, 6.45) is 4.43. The van der Waals surface area contributed by atoms with Crippen LogP contribution in [0.25, 0.3) is 0 Å². The minimum absolute atomic E-state index is 0.0308. The van der Waals surface area contributed by atoms with E-state index in [9.17, 15) is 0 Å². The number of hydrogen-bond acceptors (Lipinski definition) is 4. The normalized spacial score (nSPS) is 15.6. The zero-order valence-corrected chi connectivity index (χ0v) is 8.05. The average molecular weight is 184 g/mol. The van der Waals surface area contributed by atoms with Crippen LogP contribution >= 0.6 is 0 Å². The summed E-state index contributed by atoms with van der Waals surface area (Å²) in [6, 6.07) is -0.0308. The summed E-state index contributed by atoms with van der Waals surface area (Å²) in [6.45, 7) is 2.70. The van der Waals surface area contributed by atoms with Crippen molar-refractivity contribution in [2.75, 3.05) is 7.11 Å². The van der Waals surface area contributed by atoms with Crippen LogP contribution in [0.5, 0.6) is 0 Å². The Balaban J connectivity index is 2.44. The largest absolute Gasteiger partial charge is 0.380 e. The number of nitrogens with two attached hydrogens (primary N) is 1. The smallest absolute Gasteiger partial charge is 0.0737 e. The lowest BCUT2D eigenvalue weighted by molar-refractivity contribution is 0.0709. The number of aromatic nitrogens is 3. The molecule has 5 nitrogen and oxygen atoms in total. The number of hydrogen-bond donors (Lipinski definition) is 1. The van der Waals surface area contributed by atoms with Gasteiger partial charge in [-0.15, -0.1) is 5.10 Å². The van der Waals surface area contributed by atoms with E-state index in [0.29, 0.717) is 6.54 Å². The van der Waals surface area contributed by atoms with Gasteiger partial charge in [0.1, 0.15) is 0 Å². The van der Waals surface area contributed by atoms with Crippen LogP contribution in [0.1, 0.15) is 13.3 Å². The Hall–Kier alpha value is -0.940. The predicted molar refractivity (Wildman–Crippen MR) is 49.1 cm³/mol. The van der Waals surface area contributed by atoms with Gasteiger partial charge in [-0.05, 0) is 6.42 Å². The highest BCUT2D eigenvalue weighted by atomic mass is 16.5. The molecule has 0 aromatic carbocycles. The van der Waals surface area contributed by atoms with Crippen molar-refractivity contribution >= 4 is 0 Å². The molecule has 2 N–H and O–H groups in total. The van der Waals surface area contributed by atoms with E-state index >= 15 is 0 Å². The van der Waals surface area contributed by atoms with E-state index in [0.717, 1.165) is 6.42 Å². The third-order valence-electron chi connectivity index (χ3n) is 2.05. The van der Waals surface area contributed by atoms with E-state index < -0.39 is 0 Å². The Labute approximate surface area is 77.9 Å². The number of nitrogens with zero attached hydrogens (tertiary/aromatic N) is 3. The van der Waals surface area contributed by atoms with E-state index in [1.165, 1.54) is 0 Å². The Kier molecular flexibility index (Phi) is 3.85. The van der Waals surface area contributed by atoms with Crippen LogP contribution in [-0.2, 0) is 11.3 Å². The third-order valence-corrected chi connectivity index (χ3v) is 2.05. The molecule has 0 amide bonds. The first-order valence-corrected chi connectivity index (χ1v) is 4.40. The van der Waals surface area contributed by atoms with Crippen LogP contribution in [-0.4, -0.2) is 34.2 Å². The Morgan fingerprint density at radius 2 is 2.38 bits per heavy atom. The van der Waals surface area contributed by atoms with Crippen LogP contribution in [0.4, 0.5) is 0 Å². The van der Waals surface area contributed by atoms with Gasteiger partial charge in [-0.1, -0.05) is 12.1 Å². The zero-order valence-electron chi connectivity index (χ0n) is 8.05. The van der Waals surface area contributed by atoms with Crippen LogP contribution in [0, 0.1) is 0 Å². The molecule has 13 heavy (non-hydrogen) atoms. The van der Waals surface area contributed by atoms with Gasteiger partial charge >= 0.3 is 0 Å². The van der Waals surface area contributed by atoms with E-state index in [-0.39, 0.29) is 12.1 Å². The fourth-order valence-electron chi connectivity index (χ4n) is 1.31. The molecule has 5 heteroatoms. The molecule has 0 aliphatic carbocycles. The van der Waals surface area contributed by atoms with Gasteiger partial charge in [0.2, 0.25) is 0 Å². The number of rotatable bonds is 5. The SMILES string of the molecule is CC[C@@H](OC)[C@H](N)Cn1ccnn1. The summed E-state index contributed by atoms with van der Waals surface area (Å²) in [5, 5.41) is 7.54. The van der Waals surface area contributed by atoms with Crippen molar-refractivity contribution in [3.8, 4) is 0 Å². The van der Waals surface area contributed by atoms with E-state index in [1.54, 1.807) is 24.2 Å². The van der Waals surface area contributed by atoms with Gasteiger partial charge in [0.15, 0.2) is 0 Å². The van der Waals surface area contributed by atoms with E-state index in [4.69, 9.17) is 10.5 Å². The lowest BCUT2D eigenvalue weighted by atomic mass is 10.1. The highest BCUT2D eigenvalue weighted by Crippen LogP contribution is 2.02. The number of ether oxygens (including phenoxy) is 1. The molecule has 0 fully saturated rings. The molecule has 1 rings (SSSR count). The summed E-state index contributed by atoms with van der Waals surface area (Å²) in [5.41, 5.74) is 5.92. The first-order chi connectivity index (χ1) is 6.27. The highest BCUT2D eigenvalue weighted by molar-refractivity contribution is 4.74. The Morgan fingerprint density at radius 1 is 1.62 bits per heavy atom. The van der Waals surface area contributed by atoms with Crippen molar-refractivity contribution in [2.24, 2.45) is 5.73 Å². The summed E-state index contributed by atoms with van der Waals surface area (Å²) in [5.74, 6) is 0. The van der Waals surface area contributed by atoms with Crippen molar-refractivity contribution in [2.45, 2.75) is 32.0 Å². The molecular formula is C8H16N4O. The number of methoxy groups -OCH3 is 1. The maximum Gasteiger partial charge on any atom is 0.0737 e. The molecule has 0 spiro atoms. The summed E-state index contributed by atoms with van der Waals surface area (Å²) < 4.78 is 6.94. The molecule has 0 aliphatic rings. The van der Waals surface area contributed by atoms with E-state index in [2.05, 4.69) is 17.2 Å². The van der Waals surface area contributed by atoms with Crippen LogP contribution in [0.3, 0.4) is 0 Å². The maximum absolute atomic E-state index is 5.92. The molecule has 74 valence electrons. The maximum atomic E-state index is 5.92. The molecule has 0 saturated heterocycles. The van der Waals surface area contributed by atoms with Crippen LogP contribution < -0.4 is 5.73 Å². The zero-order chi connectivity index (χ0) is 9.68. The lowest BCUT2D eigenvalue weighted by Crippen LogP contribution is -2.39. The molecule has 0 saturated carbocycles. The lowest BCUT2D eigenvalue weighted by Gasteiger charge is -2.20. The molecular weight excluding hydrogens is 168 g/mol. The standard InChI is InChI=1S/C8H16N4O/c1-3-8(13-2)7(9)6-12-5-4-10-11-12/h4-5,7-8H,3,6,9H2,1-2H3/t7-,8-/m1/s1. The third kappa shape index (κ3) is 2.78. The fourth-order valence-corrected chi connectivity index (χ4v) is 1.31. The quantitative estimate of drug-likeness (QED) is 0.701. The molecule has 0 radical (unpaired) electrons. The second-order valence-electron chi connectivity index (χ2n) is 2.97. The van der Waals surface area contributed by atoms with Gasteiger partial charge in [0.25, 0.3) is 0 Å². The van der Waals surface area contributed by atoms with Crippen molar-refractivity contribution < 1.29 is 4.74 Å². The average Bonchev–Trinajstić information content (AvgIpc) is 2.59.